The number of aryl methyl sites for hydroxylation is 1. The van der Waals surface area contributed by atoms with Crippen LogP contribution in [0.25, 0.3) is 0 Å². The van der Waals surface area contributed by atoms with Gasteiger partial charge in [0.15, 0.2) is 0 Å². The van der Waals surface area contributed by atoms with E-state index in [1.54, 1.807) is 12.1 Å². The van der Waals surface area contributed by atoms with E-state index in [9.17, 15) is 9.59 Å². The first kappa shape index (κ1) is 25.9. The van der Waals surface area contributed by atoms with Gasteiger partial charge in [0.05, 0.1) is 12.1 Å². The molecule has 0 saturated heterocycles. The SMILES string of the molecule is Cc1ccc(Oc2ccc(NC(=O)CN(C)CCCN(C)Cc3ccc(C(=O)O)cc3)cc2)cc1. The van der Waals surface area contributed by atoms with Gasteiger partial charge in [0.2, 0.25) is 5.91 Å². The van der Waals surface area contributed by atoms with Crippen LogP contribution in [0.3, 0.4) is 0 Å². The van der Waals surface area contributed by atoms with Crippen molar-refractivity contribution in [2.75, 3.05) is 39.0 Å². The molecule has 0 aliphatic heterocycles. The van der Waals surface area contributed by atoms with Crippen LogP contribution in [-0.4, -0.2) is 60.5 Å². The van der Waals surface area contributed by atoms with Crippen LogP contribution in [0.2, 0.25) is 0 Å². The number of ether oxygens (including phenoxy) is 1. The fourth-order valence-electron chi connectivity index (χ4n) is 3.63. The summed E-state index contributed by atoms with van der Waals surface area (Å²) in [6.45, 7) is 4.74. The third-order valence-electron chi connectivity index (χ3n) is 5.54. The predicted octanol–water partition coefficient (Wildman–Crippen LogP) is 4.88. The Kier molecular flexibility index (Phi) is 9.40. The third-order valence-corrected chi connectivity index (χ3v) is 5.54. The molecule has 0 aliphatic rings. The van der Waals surface area contributed by atoms with Crippen molar-refractivity contribution in [3.8, 4) is 11.5 Å². The largest absolute Gasteiger partial charge is 0.478 e. The molecule has 184 valence electrons. The van der Waals surface area contributed by atoms with Gasteiger partial charge in [-0.2, -0.15) is 0 Å². The number of hydrogen-bond acceptors (Lipinski definition) is 5. The summed E-state index contributed by atoms with van der Waals surface area (Å²) in [5.41, 5.74) is 3.27. The lowest BCUT2D eigenvalue weighted by Crippen LogP contribution is -2.32. The summed E-state index contributed by atoms with van der Waals surface area (Å²) >= 11 is 0. The highest BCUT2D eigenvalue weighted by molar-refractivity contribution is 5.92. The Morgan fingerprint density at radius 2 is 1.40 bits per heavy atom. The monoisotopic (exact) mass is 475 g/mol. The fraction of sp³-hybridized carbons (Fsp3) is 0.286. The summed E-state index contributed by atoms with van der Waals surface area (Å²) in [5, 5.41) is 11.9. The number of likely N-dealkylation sites (N-methyl/N-ethyl adjacent to an activating group) is 1. The highest BCUT2D eigenvalue weighted by Crippen LogP contribution is 2.23. The lowest BCUT2D eigenvalue weighted by atomic mass is 10.1. The van der Waals surface area contributed by atoms with Gasteiger partial charge in [-0.05, 0) is 94.6 Å². The molecule has 0 aromatic heterocycles. The van der Waals surface area contributed by atoms with Crippen LogP contribution >= 0.6 is 0 Å². The number of amides is 1. The zero-order valence-corrected chi connectivity index (χ0v) is 20.5. The molecule has 7 nitrogen and oxygen atoms in total. The number of carboxylic acids is 1. The first-order chi connectivity index (χ1) is 16.8. The molecule has 0 radical (unpaired) electrons. The second-order valence-electron chi connectivity index (χ2n) is 8.82. The summed E-state index contributed by atoms with van der Waals surface area (Å²) in [4.78, 5) is 27.5. The van der Waals surface area contributed by atoms with E-state index in [4.69, 9.17) is 9.84 Å². The number of carboxylic acid groups (broad SMARTS) is 1. The Hall–Kier alpha value is -3.68. The molecule has 7 heteroatoms. The number of nitrogens with zero attached hydrogens (tertiary/aromatic N) is 2. The second kappa shape index (κ2) is 12.7. The molecule has 3 rings (SSSR count). The van der Waals surface area contributed by atoms with Crippen molar-refractivity contribution in [2.24, 2.45) is 0 Å². The lowest BCUT2D eigenvalue weighted by molar-refractivity contribution is -0.117. The molecule has 0 heterocycles. The number of benzene rings is 3. The number of carbonyl (C=O) groups excluding carboxylic acids is 1. The maximum absolute atomic E-state index is 12.4. The van der Waals surface area contributed by atoms with Gasteiger partial charge in [-0.3, -0.25) is 9.69 Å². The van der Waals surface area contributed by atoms with Crippen molar-refractivity contribution >= 4 is 17.6 Å². The Morgan fingerprint density at radius 3 is 2.00 bits per heavy atom. The van der Waals surface area contributed by atoms with Crippen LogP contribution < -0.4 is 10.1 Å². The number of aromatic carboxylic acids is 1. The van der Waals surface area contributed by atoms with Crippen molar-refractivity contribution < 1.29 is 19.4 Å². The first-order valence-corrected chi connectivity index (χ1v) is 11.6. The number of rotatable bonds is 12. The minimum absolute atomic E-state index is 0.0634. The van der Waals surface area contributed by atoms with Crippen LogP contribution in [0.5, 0.6) is 11.5 Å². The molecular weight excluding hydrogens is 442 g/mol. The van der Waals surface area contributed by atoms with Crippen LogP contribution in [-0.2, 0) is 11.3 Å². The average Bonchev–Trinajstić information content (AvgIpc) is 2.82. The van der Waals surface area contributed by atoms with E-state index in [1.807, 2.05) is 86.6 Å². The van der Waals surface area contributed by atoms with Gasteiger partial charge in [0, 0.05) is 12.2 Å². The molecule has 0 atom stereocenters. The molecule has 0 spiro atoms. The van der Waals surface area contributed by atoms with Gasteiger partial charge in [-0.25, -0.2) is 4.79 Å². The topological polar surface area (TPSA) is 82.1 Å². The van der Waals surface area contributed by atoms with E-state index in [0.29, 0.717) is 17.9 Å². The van der Waals surface area contributed by atoms with Crippen molar-refractivity contribution in [1.82, 2.24) is 9.80 Å². The maximum atomic E-state index is 12.4. The third kappa shape index (κ3) is 8.88. The Bertz CT molecular complexity index is 1100. The second-order valence-corrected chi connectivity index (χ2v) is 8.82. The molecule has 0 bridgehead atoms. The molecule has 3 aromatic rings. The Balaban J connectivity index is 1.35. The highest BCUT2D eigenvalue weighted by atomic mass is 16.5. The van der Waals surface area contributed by atoms with Gasteiger partial charge < -0.3 is 20.1 Å². The summed E-state index contributed by atoms with van der Waals surface area (Å²) in [6, 6.07) is 22.1. The number of anilines is 1. The smallest absolute Gasteiger partial charge is 0.335 e. The van der Waals surface area contributed by atoms with Gasteiger partial charge in [-0.15, -0.1) is 0 Å². The normalized spacial score (nSPS) is 11.0. The van der Waals surface area contributed by atoms with Crippen molar-refractivity contribution in [3.05, 3.63) is 89.5 Å². The van der Waals surface area contributed by atoms with E-state index in [2.05, 4.69) is 10.2 Å². The molecule has 0 fully saturated rings. The molecule has 0 saturated carbocycles. The zero-order valence-electron chi connectivity index (χ0n) is 20.5. The zero-order chi connectivity index (χ0) is 25.2. The van der Waals surface area contributed by atoms with Crippen LogP contribution in [0.4, 0.5) is 5.69 Å². The van der Waals surface area contributed by atoms with Crippen molar-refractivity contribution in [1.29, 1.82) is 0 Å². The molecule has 35 heavy (non-hydrogen) atoms. The van der Waals surface area contributed by atoms with Gasteiger partial charge in [-0.1, -0.05) is 29.8 Å². The van der Waals surface area contributed by atoms with Crippen LogP contribution in [0.1, 0.15) is 27.9 Å². The number of carbonyl (C=O) groups is 2. The van der Waals surface area contributed by atoms with Crippen molar-refractivity contribution in [3.63, 3.8) is 0 Å². The molecule has 0 aliphatic carbocycles. The predicted molar refractivity (Wildman–Crippen MR) is 138 cm³/mol. The fourth-order valence-corrected chi connectivity index (χ4v) is 3.63. The van der Waals surface area contributed by atoms with E-state index in [0.717, 1.165) is 43.1 Å². The van der Waals surface area contributed by atoms with E-state index in [-0.39, 0.29) is 5.91 Å². The Labute approximate surface area is 206 Å². The summed E-state index contributed by atoms with van der Waals surface area (Å²) in [6.07, 6.45) is 0.915. The van der Waals surface area contributed by atoms with Crippen LogP contribution in [0.15, 0.2) is 72.8 Å². The van der Waals surface area contributed by atoms with E-state index in [1.165, 1.54) is 5.56 Å². The summed E-state index contributed by atoms with van der Waals surface area (Å²) < 4.78 is 5.83. The van der Waals surface area contributed by atoms with Crippen molar-refractivity contribution in [2.45, 2.75) is 19.9 Å². The van der Waals surface area contributed by atoms with E-state index >= 15 is 0 Å². The summed E-state index contributed by atoms with van der Waals surface area (Å²) in [5.74, 6) is 0.509. The minimum atomic E-state index is -0.916. The van der Waals surface area contributed by atoms with Crippen LogP contribution in [0, 0.1) is 6.92 Å². The van der Waals surface area contributed by atoms with Gasteiger partial charge in [0.1, 0.15) is 11.5 Å². The molecule has 0 unspecified atom stereocenters. The lowest BCUT2D eigenvalue weighted by Gasteiger charge is -2.20. The molecule has 3 aromatic carbocycles. The maximum Gasteiger partial charge on any atom is 0.335 e. The average molecular weight is 476 g/mol. The molecule has 2 N–H and O–H groups in total. The molecule has 1 amide bonds. The van der Waals surface area contributed by atoms with E-state index < -0.39 is 5.97 Å². The number of nitrogens with one attached hydrogen (secondary N) is 1. The van der Waals surface area contributed by atoms with Gasteiger partial charge in [0.25, 0.3) is 0 Å². The summed E-state index contributed by atoms with van der Waals surface area (Å²) in [7, 11) is 3.97. The number of hydrogen-bond donors (Lipinski definition) is 2. The quantitative estimate of drug-likeness (QED) is 0.389. The molecular formula is C28H33N3O4. The standard InChI is InChI=1S/C28H33N3O4/c1-21-5-13-25(14-6-21)35-26-15-11-24(12-16-26)29-27(32)20-31(3)18-4-17-30(2)19-22-7-9-23(10-8-22)28(33)34/h5-16H,4,17-20H2,1-3H3,(H,29,32)(H,33,34). The van der Waals surface area contributed by atoms with Gasteiger partial charge >= 0.3 is 5.97 Å². The first-order valence-electron chi connectivity index (χ1n) is 11.6. The Morgan fingerprint density at radius 1 is 0.829 bits per heavy atom. The highest BCUT2D eigenvalue weighted by Gasteiger charge is 2.09. The minimum Gasteiger partial charge on any atom is -0.478 e.